The Kier molecular flexibility index (Phi) is 47.7. The van der Waals surface area contributed by atoms with Gasteiger partial charge in [-0.3, -0.25) is 4.79 Å². The molecule has 108 valence electrons. The fourth-order valence-electron chi connectivity index (χ4n) is 1.67. The second-order valence-electron chi connectivity index (χ2n) is 4.27. The summed E-state index contributed by atoms with van der Waals surface area (Å²) in [4.78, 5) is 32.6. The van der Waals surface area contributed by atoms with E-state index in [2.05, 4.69) is 0 Å². The Bertz CT molecular complexity index is 266. The molecule has 3 atom stereocenters. The van der Waals surface area contributed by atoms with Gasteiger partial charge >= 0.3 is 118 Å². The van der Waals surface area contributed by atoms with Crippen molar-refractivity contribution in [2.45, 2.75) is 38.7 Å². The first-order chi connectivity index (χ1) is 8.42. The summed E-state index contributed by atoms with van der Waals surface area (Å²) < 4.78 is 0. The number of aliphatic carboxylic acids is 1. The quantitative estimate of drug-likeness (QED) is 0.255. The molecule has 22 heavy (non-hydrogen) atoms. The second-order valence-corrected chi connectivity index (χ2v) is 5.99. The van der Waals surface area contributed by atoms with Gasteiger partial charge in [-0.15, -0.1) is 0 Å². The molecule has 0 aliphatic heterocycles. The SMILES string of the molecule is CC[C@H](C[C@H](CC(C)[SiH2][O-])C(=O)[O-])C(N)=O.[Na+].[Na+].[Na+].[Na+].[O-][O-]. The first-order valence-electron chi connectivity index (χ1n) is 5.67. The van der Waals surface area contributed by atoms with Crippen molar-refractivity contribution in [2.75, 3.05) is 0 Å². The molecule has 1 unspecified atom stereocenters. The van der Waals surface area contributed by atoms with Crippen LogP contribution in [-0.2, 0) is 9.59 Å². The Balaban J connectivity index is -0.000000102. The molecular weight excluding hydrogens is 350 g/mol. The smallest absolute Gasteiger partial charge is 1.00 e. The number of primary amides is 1. The summed E-state index contributed by atoms with van der Waals surface area (Å²) in [6.07, 6.45) is 1.01. The predicted octanol–water partition coefficient (Wildman–Crippen LogP) is -16.5. The number of carboxylic acids is 1. The minimum absolute atomic E-state index is 0. The van der Waals surface area contributed by atoms with Gasteiger partial charge in [0.2, 0.25) is 5.91 Å². The molecule has 0 aromatic heterocycles. The van der Waals surface area contributed by atoms with E-state index >= 15 is 0 Å². The van der Waals surface area contributed by atoms with Crippen molar-refractivity contribution in [3.63, 3.8) is 0 Å². The molecular formula is C10H19NNa4O6Si. The van der Waals surface area contributed by atoms with Crippen LogP contribution >= 0.6 is 0 Å². The average molecular weight is 369 g/mol. The third-order valence-electron chi connectivity index (χ3n) is 2.77. The molecule has 1 amide bonds. The monoisotopic (exact) mass is 369 g/mol. The van der Waals surface area contributed by atoms with Crippen LogP contribution in [0.15, 0.2) is 0 Å². The van der Waals surface area contributed by atoms with Crippen LogP contribution in [0.25, 0.3) is 0 Å². The third-order valence-corrected chi connectivity index (χ3v) is 3.67. The van der Waals surface area contributed by atoms with Gasteiger partial charge in [0.05, 0.1) is 0 Å². The van der Waals surface area contributed by atoms with Crippen LogP contribution < -0.4 is 144 Å². The molecule has 0 bridgehead atoms. The zero-order valence-electron chi connectivity index (χ0n) is 14.6. The fourth-order valence-corrected chi connectivity index (χ4v) is 2.21. The maximum absolute atomic E-state index is 11.0. The van der Waals surface area contributed by atoms with Crippen molar-refractivity contribution >= 4 is 21.6 Å². The number of carboxylic acid groups (broad SMARTS) is 1. The van der Waals surface area contributed by atoms with Crippen molar-refractivity contribution in [2.24, 2.45) is 17.6 Å². The van der Waals surface area contributed by atoms with Crippen molar-refractivity contribution in [1.82, 2.24) is 0 Å². The summed E-state index contributed by atoms with van der Waals surface area (Å²) in [6, 6.07) is 0. The maximum Gasteiger partial charge on any atom is 1.00 e. The van der Waals surface area contributed by atoms with E-state index in [9.17, 15) is 19.5 Å². The molecule has 0 fully saturated rings. The molecule has 0 aliphatic rings. The summed E-state index contributed by atoms with van der Waals surface area (Å²) in [5, 5.41) is 24.9. The molecule has 7 nitrogen and oxygen atoms in total. The van der Waals surface area contributed by atoms with Gasteiger partial charge in [-0.25, -0.2) is 0 Å². The molecule has 0 spiro atoms. The first-order valence-corrected chi connectivity index (χ1v) is 7.06. The Morgan fingerprint density at radius 3 is 1.68 bits per heavy atom. The topological polar surface area (TPSA) is 152 Å². The number of carbonyl (C=O) groups excluding carboxylic acids is 2. The summed E-state index contributed by atoms with van der Waals surface area (Å²) in [7, 11) is -1.45. The Morgan fingerprint density at radius 2 is 1.45 bits per heavy atom. The zero-order valence-corrected chi connectivity index (χ0v) is 24.0. The number of nitrogens with two attached hydrogens (primary N) is 1. The van der Waals surface area contributed by atoms with Gasteiger partial charge < -0.3 is 30.9 Å². The summed E-state index contributed by atoms with van der Waals surface area (Å²) >= 11 is 0. The molecule has 0 aromatic carbocycles. The fraction of sp³-hybridized carbons (Fsp3) is 0.800. The molecule has 0 radical (unpaired) electrons. The van der Waals surface area contributed by atoms with Crippen LogP contribution in [0.4, 0.5) is 0 Å². The first kappa shape index (κ1) is 39.9. The van der Waals surface area contributed by atoms with Crippen LogP contribution in [-0.4, -0.2) is 21.6 Å². The maximum atomic E-state index is 11.0. The number of rotatable bonds is 8. The van der Waals surface area contributed by atoms with E-state index in [4.69, 9.17) is 16.2 Å². The molecule has 0 rings (SSSR count). The predicted molar refractivity (Wildman–Crippen MR) is 58.7 cm³/mol. The summed E-state index contributed by atoms with van der Waals surface area (Å²) in [5.41, 5.74) is 5.06. The van der Waals surface area contributed by atoms with Gasteiger partial charge in [0.25, 0.3) is 0 Å². The standard InChI is InChI=1S/C10H20NO4Si.4Na.O2/c1-3-7(9(11)12)5-8(10(13)14)4-6(2)16-15;;;;;1-2/h6-8H,3-5,16H2,1-2H3,(H2,11,12)(H,13,14);;;;;/q-1;4*+1;-2/p-1/t6?,7-,8+;;;;;/m1...../s1. The summed E-state index contributed by atoms with van der Waals surface area (Å²) in [5.74, 6) is -2.84. The van der Waals surface area contributed by atoms with Crippen molar-refractivity contribution in [3.8, 4) is 0 Å². The van der Waals surface area contributed by atoms with Crippen molar-refractivity contribution < 1.29 is 148 Å². The van der Waals surface area contributed by atoms with E-state index < -0.39 is 33.5 Å². The number of hydrogen-bond acceptors (Lipinski definition) is 6. The largest absolute Gasteiger partial charge is 1.00 e. The molecule has 0 saturated carbocycles. The van der Waals surface area contributed by atoms with E-state index in [1.165, 1.54) is 0 Å². The normalized spacial score (nSPS) is 12.8. The molecule has 2 N–H and O–H groups in total. The third kappa shape index (κ3) is 21.1. The number of carbonyl (C=O) groups is 2. The molecule has 0 aliphatic carbocycles. The van der Waals surface area contributed by atoms with Gasteiger partial charge in [0.1, 0.15) is 0 Å². The van der Waals surface area contributed by atoms with Crippen LogP contribution in [0.1, 0.15) is 33.1 Å². The number of hydrogen-bond donors (Lipinski definition) is 1. The van der Waals surface area contributed by atoms with Gasteiger partial charge in [-0.05, 0) is 25.2 Å². The van der Waals surface area contributed by atoms with E-state index in [1.807, 2.05) is 0 Å². The molecule has 0 saturated heterocycles. The zero-order chi connectivity index (χ0) is 14.7. The molecule has 0 heterocycles. The molecule has 0 aromatic rings. The van der Waals surface area contributed by atoms with Crippen molar-refractivity contribution in [1.29, 1.82) is 0 Å². The Morgan fingerprint density at radius 1 is 1.05 bits per heavy atom. The van der Waals surface area contributed by atoms with Gasteiger partial charge in [-0.1, -0.05) is 29.2 Å². The summed E-state index contributed by atoms with van der Waals surface area (Å²) in [6.45, 7) is 3.54. The number of amides is 1. The minimum Gasteiger partial charge on any atom is -1.00 e. The van der Waals surface area contributed by atoms with Gasteiger partial charge in [0.15, 0.2) is 0 Å². The Hall–Kier alpha value is 3.04. The van der Waals surface area contributed by atoms with Gasteiger partial charge in [0, 0.05) is 11.9 Å². The van der Waals surface area contributed by atoms with Crippen LogP contribution in [0, 0.1) is 11.8 Å². The second kappa shape index (κ2) is 26.3. The van der Waals surface area contributed by atoms with E-state index in [-0.39, 0.29) is 130 Å². The Labute approximate surface area is 222 Å². The van der Waals surface area contributed by atoms with Crippen LogP contribution in [0.5, 0.6) is 0 Å². The van der Waals surface area contributed by atoms with Crippen LogP contribution in [0.2, 0.25) is 5.54 Å². The van der Waals surface area contributed by atoms with Gasteiger partial charge in [-0.2, -0.15) is 0 Å². The molecule has 12 heteroatoms. The van der Waals surface area contributed by atoms with E-state index in [1.54, 1.807) is 13.8 Å². The minimum atomic E-state index is -1.45. The van der Waals surface area contributed by atoms with E-state index in [0.717, 1.165) is 0 Å². The van der Waals surface area contributed by atoms with Crippen LogP contribution in [0.3, 0.4) is 0 Å². The van der Waals surface area contributed by atoms with Crippen molar-refractivity contribution in [3.05, 3.63) is 0 Å². The average Bonchev–Trinajstić information content (AvgIpc) is 2.35. The van der Waals surface area contributed by atoms with E-state index in [0.29, 0.717) is 12.8 Å².